The molecule has 1 aliphatic rings. The number of methoxy groups -OCH3 is 2. The molecule has 0 fully saturated rings. The van der Waals surface area contributed by atoms with Gasteiger partial charge >= 0.3 is 0 Å². The Morgan fingerprint density at radius 3 is 2.59 bits per heavy atom. The first kappa shape index (κ1) is 14.7. The zero-order chi connectivity index (χ0) is 15.5. The minimum atomic E-state index is 0.771. The second kappa shape index (κ2) is 6.28. The van der Waals surface area contributed by atoms with Gasteiger partial charge in [-0.3, -0.25) is 4.90 Å². The second-order valence-corrected chi connectivity index (χ2v) is 5.63. The van der Waals surface area contributed by atoms with Gasteiger partial charge in [0.05, 0.1) is 14.2 Å². The summed E-state index contributed by atoms with van der Waals surface area (Å²) >= 11 is 0. The predicted molar refractivity (Wildman–Crippen MR) is 88.2 cm³/mol. The maximum Gasteiger partial charge on any atom is 0.160 e. The molecule has 4 heteroatoms. The molecule has 3 rings (SSSR count). The number of nitrogen functional groups attached to an aromatic ring is 1. The van der Waals surface area contributed by atoms with E-state index in [4.69, 9.17) is 15.2 Å². The Kier molecular flexibility index (Phi) is 4.20. The molecule has 0 radical (unpaired) electrons. The summed E-state index contributed by atoms with van der Waals surface area (Å²) < 4.78 is 10.6. The summed E-state index contributed by atoms with van der Waals surface area (Å²) in [4.78, 5) is 2.43. The SMILES string of the molecule is COc1ccc(CCN2Cc3cccc(N)c3C2)cc1OC. The second-order valence-electron chi connectivity index (χ2n) is 5.63. The van der Waals surface area contributed by atoms with E-state index in [9.17, 15) is 0 Å². The van der Waals surface area contributed by atoms with Gasteiger partial charge in [0.1, 0.15) is 0 Å². The number of rotatable bonds is 5. The van der Waals surface area contributed by atoms with Crippen molar-refractivity contribution in [2.45, 2.75) is 19.5 Å². The van der Waals surface area contributed by atoms with Crippen LogP contribution in [0, 0.1) is 0 Å². The average Bonchev–Trinajstić information content (AvgIpc) is 2.97. The van der Waals surface area contributed by atoms with Crippen molar-refractivity contribution >= 4 is 5.69 Å². The normalized spacial score (nSPS) is 13.9. The standard InChI is InChI=1S/C18H22N2O2/c1-21-17-7-6-13(10-18(17)22-2)8-9-20-11-14-4-3-5-16(19)15(14)12-20/h3-7,10H,8-9,11-12,19H2,1-2H3. The number of anilines is 1. The number of ether oxygens (including phenoxy) is 2. The third-order valence-corrected chi connectivity index (χ3v) is 4.25. The molecular formula is C18H22N2O2. The summed E-state index contributed by atoms with van der Waals surface area (Å²) in [5.41, 5.74) is 10.9. The Morgan fingerprint density at radius 1 is 1.05 bits per heavy atom. The number of nitrogens with two attached hydrogens (primary N) is 1. The zero-order valence-electron chi connectivity index (χ0n) is 13.1. The molecule has 0 spiro atoms. The highest BCUT2D eigenvalue weighted by atomic mass is 16.5. The highest BCUT2D eigenvalue weighted by molar-refractivity contribution is 5.52. The third-order valence-electron chi connectivity index (χ3n) is 4.25. The summed E-state index contributed by atoms with van der Waals surface area (Å²) in [6.07, 6.45) is 0.980. The molecule has 0 unspecified atom stereocenters. The minimum Gasteiger partial charge on any atom is -0.493 e. The van der Waals surface area contributed by atoms with E-state index in [-0.39, 0.29) is 0 Å². The van der Waals surface area contributed by atoms with E-state index in [0.29, 0.717) is 0 Å². The van der Waals surface area contributed by atoms with Gasteiger partial charge in [-0.15, -0.1) is 0 Å². The largest absolute Gasteiger partial charge is 0.493 e. The van der Waals surface area contributed by atoms with Crippen molar-refractivity contribution < 1.29 is 9.47 Å². The summed E-state index contributed by atoms with van der Waals surface area (Å²) in [6.45, 7) is 2.92. The van der Waals surface area contributed by atoms with Crippen LogP contribution in [0.4, 0.5) is 5.69 Å². The lowest BCUT2D eigenvalue weighted by Gasteiger charge is -2.15. The van der Waals surface area contributed by atoms with Gasteiger partial charge in [0.15, 0.2) is 11.5 Å². The summed E-state index contributed by atoms with van der Waals surface area (Å²) in [5.74, 6) is 1.56. The first-order valence-electron chi connectivity index (χ1n) is 7.50. The fourth-order valence-electron chi connectivity index (χ4n) is 3.00. The lowest BCUT2D eigenvalue weighted by atomic mass is 10.1. The topological polar surface area (TPSA) is 47.7 Å². The zero-order valence-corrected chi connectivity index (χ0v) is 13.1. The summed E-state index contributed by atoms with van der Waals surface area (Å²) in [6, 6.07) is 12.3. The molecule has 1 aliphatic heterocycles. The Morgan fingerprint density at radius 2 is 1.86 bits per heavy atom. The van der Waals surface area contributed by atoms with Crippen LogP contribution in [-0.4, -0.2) is 25.7 Å². The van der Waals surface area contributed by atoms with Gasteiger partial charge in [0, 0.05) is 25.3 Å². The van der Waals surface area contributed by atoms with Crippen LogP contribution in [0.5, 0.6) is 11.5 Å². The van der Waals surface area contributed by atoms with Gasteiger partial charge < -0.3 is 15.2 Å². The van der Waals surface area contributed by atoms with Gasteiger partial charge in [-0.05, 0) is 41.3 Å². The quantitative estimate of drug-likeness (QED) is 0.862. The van der Waals surface area contributed by atoms with Crippen LogP contribution in [0.15, 0.2) is 36.4 Å². The van der Waals surface area contributed by atoms with Crippen molar-refractivity contribution in [1.82, 2.24) is 4.90 Å². The molecule has 2 N–H and O–H groups in total. The molecular weight excluding hydrogens is 276 g/mol. The van der Waals surface area contributed by atoms with E-state index in [1.807, 2.05) is 18.2 Å². The molecule has 0 saturated carbocycles. The molecule has 0 bridgehead atoms. The minimum absolute atomic E-state index is 0.771. The van der Waals surface area contributed by atoms with E-state index in [1.54, 1.807) is 14.2 Å². The van der Waals surface area contributed by atoms with E-state index in [0.717, 1.165) is 43.2 Å². The van der Waals surface area contributed by atoms with E-state index in [2.05, 4.69) is 23.1 Å². The van der Waals surface area contributed by atoms with Crippen LogP contribution in [-0.2, 0) is 19.5 Å². The lowest BCUT2D eigenvalue weighted by molar-refractivity contribution is 0.288. The molecule has 0 aromatic heterocycles. The third kappa shape index (κ3) is 2.88. The number of hydrogen-bond donors (Lipinski definition) is 1. The maximum absolute atomic E-state index is 6.05. The Bertz CT molecular complexity index is 670. The Labute approximate surface area is 131 Å². The predicted octanol–water partition coefficient (Wildman–Crippen LogP) is 2.84. The molecule has 0 amide bonds. The Hall–Kier alpha value is -2.20. The highest BCUT2D eigenvalue weighted by Crippen LogP contribution is 2.29. The first-order chi connectivity index (χ1) is 10.7. The molecule has 0 aliphatic carbocycles. The smallest absolute Gasteiger partial charge is 0.160 e. The van der Waals surface area contributed by atoms with Crippen LogP contribution >= 0.6 is 0 Å². The monoisotopic (exact) mass is 298 g/mol. The average molecular weight is 298 g/mol. The first-order valence-corrected chi connectivity index (χ1v) is 7.50. The van der Waals surface area contributed by atoms with Crippen molar-refractivity contribution in [2.24, 2.45) is 0 Å². The van der Waals surface area contributed by atoms with Crippen LogP contribution in [0.25, 0.3) is 0 Å². The van der Waals surface area contributed by atoms with Gasteiger partial charge in [0.2, 0.25) is 0 Å². The van der Waals surface area contributed by atoms with Crippen molar-refractivity contribution in [3.63, 3.8) is 0 Å². The van der Waals surface area contributed by atoms with E-state index < -0.39 is 0 Å². The molecule has 4 nitrogen and oxygen atoms in total. The van der Waals surface area contributed by atoms with Crippen LogP contribution in [0.1, 0.15) is 16.7 Å². The maximum atomic E-state index is 6.05. The number of fused-ring (bicyclic) bond motifs is 1. The molecule has 116 valence electrons. The van der Waals surface area contributed by atoms with Crippen molar-refractivity contribution in [3.05, 3.63) is 53.1 Å². The highest BCUT2D eigenvalue weighted by Gasteiger charge is 2.20. The molecule has 2 aromatic carbocycles. The lowest BCUT2D eigenvalue weighted by Crippen LogP contribution is -2.19. The van der Waals surface area contributed by atoms with Gasteiger partial charge in [0.25, 0.3) is 0 Å². The van der Waals surface area contributed by atoms with Crippen molar-refractivity contribution in [2.75, 3.05) is 26.5 Å². The summed E-state index contributed by atoms with van der Waals surface area (Å²) in [5, 5.41) is 0. The number of nitrogens with zero attached hydrogens (tertiary/aromatic N) is 1. The van der Waals surface area contributed by atoms with Crippen molar-refractivity contribution in [1.29, 1.82) is 0 Å². The molecule has 0 atom stereocenters. The fraction of sp³-hybridized carbons (Fsp3) is 0.333. The van der Waals surface area contributed by atoms with Crippen LogP contribution in [0.2, 0.25) is 0 Å². The van der Waals surface area contributed by atoms with Crippen LogP contribution < -0.4 is 15.2 Å². The molecule has 0 saturated heterocycles. The molecule has 22 heavy (non-hydrogen) atoms. The number of benzene rings is 2. The fourth-order valence-corrected chi connectivity index (χ4v) is 3.00. The summed E-state index contributed by atoms with van der Waals surface area (Å²) in [7, 11) is 3.32. The van der Waals surface area contributed by atoms with Gasteiger partial charge in [-0.2, -0.15) is 0 Å². The van der Waals surface area contributed by atoms with E-state index >= 15 is 0 Å². The van der Waals surface area contributed by atoms with Gasteiger partial charge in [-0.1, -0.05) is 18.2 Å². The van der Waals surface area contributed by atoms with Crippen molar-refractivity contribution in [3.8, 4) is 11.5 Å². The molecule has 1 heterocycles. The number of hydrogen-bond acceptors (Lipinski definition) is 4. The Balaban J connectivity index is 1.64. The molecule has 2 aromatic rings. The van der Waals surface area contributed by atoms with E-state index in [1.165, 1.54) is 16.7 Å². The van der Waals surface area contributed by atoms with Crippen LogP contribution in [0.3, 0.4) is 0 Å². The van der Waals surface area contributed by atoms with Gasteiger partial charge in [-0.25, -0.2) is 0 Å².